The second-order valence-corrected chi connectivity index (χ2v) is 4.73. The van der Waals surface area contributed by atoms with Crippen LogP contribution in [0.15, 0.2) is 36.3 Å². The van der Waals surface area contributed by atoms with Crippen molar-refractivity contribution in [1.29, 1.82) is 0 Å². The Morgan fingerprint density at radius 3 is 3.05 bits per heavy atom. The molecule has 5 heteroatoms. The van der Waals surface area contributed by atoms with Gasteiger partial charge in [0.2, 0.25) is 0 Å². The summed E-state index contributed by atoms with van der Waals surface area (Å²) in [6.07, 6.45) is 5.57. The minimum absolute atomic E-state index is 0.154. The van der Waals surface area contributed by atoms with E-state index in [0.717, 1.165) is 30.5 Å². The van der Waals surface area contributed by atoms with E-state index in [1.807, 2.05) is 12.1 Å². The van der Waals surface area contributed by atoms with Gasteiger partial charge in [-0.15, -0.1) is 0 Å². The predicted octanol–water partition coefficient (Wildman–Crippen LogP) is 2.87. The van der Waals surface area contributed by atoms with Gasteiger partial charge in [0.1, 0.15) is 12.4 Å². The van der Waals surface area contributed by atoms with Crippen LogP contribution in [0.25, 0.3) is 5.52 Å². The summed E-state index contributed by atoms with van der Waals surface area (Å²) >= 11 is 0. The molecule has 4 nitrogen and oxygen atoms in total. The quantitative estimate of drug-likeness (QED) is 0.846. The summed E-state index contributed by atoms with van der Waals surface area (Å²) in [5, 5.41) is 4.50. The SMILES string of the molecule is CCCCc1cc2ccc(OC/C(=C/F)CN)cn2n1. The van der Waals surface area contributed by atoms with Gasteiger partial charge >= 0.3 is 0 Å². The van der Waals surface area contributed by atoms with Crippen LogP contribution in [0.1, 0.15) is 25.5 Å². The highest BCUT2D eigenvalue weighted by atomic mass is 19.1. The van der Waals surface area contributed by atoms with Crippen molar-refractivity contribution in [2.45, 2.75) is 26.2 Å². The molecular formula is C15H20FN3O. The molecule has 0 unspecified atom stereocenters. The number of halogens is 1. The highest BCUT2D eigenvalue weighted by Gasteiger charge is 2.04. The average Bonchev–Trinajstić information content (AvgIpc) is 2.88. The van der Waals surface area contributed by atoms with Crippen molar-refractivity contribution in [3.8, 4) is 5.75 Å². The summed E-state index contributed by atoms with van der Waals surface area (Å²) in [6, 6.07) is 5.87. The van der Waals surface area contributed by atoms with Gasteiger partial charge in [-0.1, -0.05) is 13.3 Å². The number of unbranched alkanes of at least 4 members (excludes halogenated alkanes) is 1. The molecule has 20 heavy (non-hydrogen) atoms. The van der Waals surface area contributed by atoms with Crippen molar-refractivity contribution in [3.05, 3.63) is 42.0 Å². The smallest absolute Gasteiger partial charge is 0.138 e. The molecule has 0 amide bonds. The predicted molar refractivity (Wildman–Crippen MR) is 77.5 cm³/mol. The van der Waals surface area contributed by atoms with E-state index in [1.54, 1.807) is 10.7 Å². The Morgan fingerprint density at radius 1 is 1.50 bits per heavy atom. The number of nitrogens with zero attached hydrogens (tertiary/aromatic N) is 2. The molecule has 2 rings (SSSR count). The van der Waals surface area contributed by atoms with Gasteiger partial charge in [0.15, 0.2) is 0 Å². The van der Waals surface area contributed by atoms with E-state index >= 15 is 0 Å². The standard InChI is InChI=1S/C15H20FN3O/c1-2-3-4-13-7-14-5-6-15(10-19(14)18-13)20-11-12(8-16)9-17/h5-8,10H,2-4,9,11,17H2,1H3/b12-8+. The van der Waals surface area contributed by atoms with Crippen LogP contribution in [0, 0.1) is 0 Å². The molecule has 2 aromatic heterocycles. The fourth-order valence-electron chi connectivity index (χ4n) is 1.90. The van der Waals surface area contributed by atoms with Gasteiger partial charge < -0.3 is 10.5 Å². The number of hydrogen-bond donors (Lipinski definition) is 1. The molecule has 108 valence electrons. The normalized spacial score (nSPS) is 12.1. The molecule has 0 bridgehead atoms. The van der Waals surface area contributed by atoms with E-state index in [1.165, 1.54) is 0 Å². The number of ether oxygens (including phenoxy) is 1. The van der Waals surface area contributed by atoms with Crippen molar-refractivity contribution in [2.24, 2.45) is 5.73 Å². The minimum atomic E-state index is 0.154. The third-order valence-electron chi connectivity index (χ3n) is 3.11. The van der Waals surface area contributed by atoms with Crippen molar-refractivity contribution >= 4 is 5.52 Å². The lowest BCUT2D eigenvalue weighted by molar-refractivity contribution is 0.345. The van der Waals surface area contributed by atoms with Crippen LogP contribution < -0.4 is 10.5 Å². The lowest BCUT2D eigenvalue weighted by Gasteiger charge is -2.07. The van der Waals surface area contributed by atoms with Gasteiger partial charge in [0, 0.05) is 12.1 Å². The zero-order valence-electron chi connectivity index (χ0n) is 11.7. The molecule has 0 aromatic carbocycles. The molecule has 0 saturated heterocycles. The molecular weight excluding hydrogens is 257 g/mol. The number of fused-ring (bicyclic) bond motifs is 1. The summed E-state index contributed by atoms with van der Waals surface area (Å²) in [5.41, 5.74) is 7.92. The topological polar surface area (TPSA) is 52.5 Å². The molecule has 0 saturated carbocycles. The maximum absolute atomic E-state index is 12.4. The van der Waals surface area contributed by atoms with Gasteiger partial charge in [-0.05, 0) is 31.0 Å². The summed E-state index contributed by atoms with van der Waals surface area (Å²) in [5.74, 6) is 0.649. The van der Waals surface area contributed by atoms with Gasteiger partial charge in [-0.25, -0.2) is 8.91 Å². The van der Waals surface area contributed by atoms with Crippen LogP contribution in [0.5, 0.6) is 5.75 Å². The number of rotatable bonds is 7. The summed E-state index contributed by atoms with van der Waals surface area (Å²) in [7, 11) is 0. The Morgan fingerprint density at radius 2 is 2.35 bits per heavy atom. The second-order valence-electron chi connectivity index (χ2n) is 4.73. The highest BCUT2D eigenvalue weighted by Crippen LogP contribution is 2.16. The molecule has 2 aromatic rings. The van der Waals surface area contributed by atoms with Crippen molar-refractivity contribution in [3.63, 3.8) is 0 Å². The first kappa shape index (κ1) is 14.5. The van der Waals surface area contributed by atoms with E-state index < -0.39 is 0 Å². The fourth-order valence-corrected chi connectivity index (χ4v) is 1.90. The Balaban J connectivity index is 2.08. The molecule has 0 aliphatic heterocycles. The first-order valence-corrected chi connectivity index (χ1v) is 6.86. The lowest BCUT2D eigenvalue weighted by Crippen LogP contribution is -2.11. The van der Waals surface area contributed by atoms with Gasteiger partial charge in [0.25, 0.3) is 0 Å². The maximum atomic E-state index is 12.4. The van der Waals surface area contributed by atoms with Crippen molar-refractivity contribution < 1.29 is 9.13 Å². The van der Waals surface area contributed by atoms with Crippen LogP contribution in [-0.4, -0.2) is 22.8 Å². The van der Waals surface area contributed by atoms with Crippen LogP contribution in [0.2, 0.25) is 0 Å². The van der Waals surface area contributed by atoms with Crippen LogP contribution in [-0.2, 0) is 6.42 Å². The molecule has 0 aliphatic rings. The number of hydrogen-bond acceptors (Lipinski definition) is 3. The van der Waals surface area contributed by atoms with Crippen LogP contribution >= 0.6 is 0 Å². The number of aromatic nitrogens is 2. The van der Waals surface area contributed by atoms with Crippen molar-refractivity contribution in [2.75, 3.05) is 13.2 Å². The first-order valence-electron chi connectivity index (χ1n) is 6.86. The molecule has 0 radical (unpaired) electrons. The zero-order chi connectivity index (χ0) is 14.4. The summed E-state index contributed by atoms with van der Waals surface area (Å²) in [6.45, 7) is 2.47. The monoisotopic (exact) mass is 277 g/mol. The number of aryl methyl sites for hydroxylation is 1. The van der Waals surface area contributed by atoms with E-state index in [9.17, 15) is 4.39 Å². The summed E-state index contributed by atoms with van der Waals surface area (Å²) in [4.78, 5) is 0. The average molecular weight is 277 g/mol. The molecule has 2 heterocycles. The molecule has 0 spiro atoms. The van der Waals surface area contributed by atoms with Crippen molar-refractivity contribution in [1.82, 2.24) is 9.61 Å². The molecule has 0 fully saturated rings. The first-order chi connectivity index (χ1) is 9.76. The molecule has 0 aliphatic carbocycles. The van der Waals surface area contributed by atoms with Crippen LogP contribution in [0.4, 0.5) is 4.39 Å². The Hall–Kier alpha value is -1.88. The van der Waals surface area contributed by atoms with Gasteiger partial charge in [-0.3, -0.25) is 0 Å². The van der Waals surface area contributed by atoms with E-state index in [2.05, 4.69) is 18.1 Å². The van der Waals surface area contributed by atoms with E-state index in [0.29, 0.717) is 17.7 Å². The largest absolute Gasteiger partial charge is 0.487 e. The Bertz CT molecular complexity index is 592. The maximum Gasteiger partial charge on any atom is 0.138 e. The van der Waals surface area contributed by atoms with E-state index in [-0.39, 0.29) is 13.2 Å². The second kappa shape index (κ2) is 7.05. The lowest BCUT2D eigenvalue weighted by atomic mass is 10.2. The third kappa shape index (κ3) is 3.57. The fraction of sp³-hybridized carbons (Fsp3) is 0.400. The highest BCUT2D eigenvalue weighted by molar-refractivity contribution is 5.49. The number of pyridine rings is 1. The van der Waals surface area contributed by atoms with E-state index in [4.69, 9.17) is 10.5 Å². The van der Waals surface area contributed by atoms with Gasteiger partial charge in [0.05, 0.1) is 23.7 Å². The number of nitrogens with two attached hydrogens (primary N) is 1. The Kier molecular flexibility index (Phi) is 5.12. The Labute approximate surface area is 118 Å². The summed E-state index contributed by atoms with van der Waals surface area (Å²) < 4.78 is 19.7. The molecule has 2 N–H and O–H groups in total. The molecule has 0 atom stereocenters. The third-order valence-corrected chi connectivity index (χ3v) is 3.11. The minimum Gasteiger partial charge on any atom is -0.487 e. The zero-order valence-corrected chi connectivity index (χ0v) is 11.7. The van der Waals surface area contributed by atoms with Crippen LogP contribution in [0.3, 0.4) is 0 Å². The van der Waals surface area contributed by atoms with Gasteiger partial charge in [-0.2, -0.15) is 5.10 Å².